The highest BCUT2D eigenvalue weighted by Gasteiger charge is 2.14. The van der Waals surface area contributed by atoms with Gasteiger partial charge in [0.25, 0.3) is 0 Å². The van der Waals surface area contributed by atoms with Crippen LogP contribution in [0.25, 0.3) is 0 Å². The second-order valence-electron chi connectivity index (χ2n) is 5.05. The van der Waals surface area contributed by atoms with Crippen LogP contribution in [-0.2, 0) is 0 Å². The van der Waals surface area contributed by atoms with Gasteiger partial charge < -0.3 is 0 Å². The van der Waals surface area contributed by atoms with E-state index in [0.717, 1.165) is 13.0 Å². The van der Waals surface area contributed by atoms with Crippen molar-refractivity contribution in [3.05, 3.63) is 6.67 Å². The maximum absolute atomic E-state index is 3.45. The third kappa shape index (κ3) is 8.88. The van der Waals surface area contributed by atoms with E-state index in [0.29, 0.717) is 0 Å². The first-order valence-corrected chi connectivity index (χ1v) is 6.33. The fourth-order valence-electron chi connectivity index (χ4n) is 1.24. The molecule has 0 fully saturated rings. The Morgan fingerprint density at radius 2 is 1.80 bits per heavy atom. The number of nitrogens with one attached hydrogen (secondary N) is 1. The van der Waals surface area contributed by atoms with Crippen LogP contribution in [0.5, 0.6) is 0 Å². The van der Waals surface area contributed by atoms with Gasteiger partial charge in [-0.1, -0.05) is 33.1 Å². The normalized spacial score (nSPS) is 12.4. The Balaban J connectivity index is 3.44. The smallest absolute Gasteiger partial charge is 0.0895 e. The molecule has 2 heteroatoms. The van der Waals surface area contributed by atoms with Gasteiger partial charge in [-0.2, -0.15) is 0 Å². The lowest BCUT2D eigenvalue weighted by atomic mass is 10.0. The van der Waals surface area contributed by atoms with Crippen LogP contribution < -0.4 is 5.32 Å². The molecule has 0 atom stereocenters. The molecule has 0 aromatic carbocycles. The van der Waals surface area contributed by atoms with Gasteiger partial charge in [-0.15, -0.1) is 0 Å². The van der Waals surface area contributed by atoms with E-state index in [1.807, 2.05) is 0 Å². The monoisotopic (exact) mass is 213 g/mol. The Morgan fingerprint density at radius 1 is 1.13 bits per heavy atom. The Bertz CT molecular complexity index is 143. The second-order valence-corrected chi connectivity index (χ2v) is 5.05. The molecule has 1 radical (unpaired) electrons. The van der Waals surface area contributed by atoms with Crippen LogP contribution in [0.1, 0.15) is 59.8 Å². The maximum Gasteiger partial charge on any atom is 0.0895 e. The lowest BCUT2D eigenvalue weighted by Gasteiger charge is -2.27. The van der Waals surface area contributed by atoms with E-state index in [-0.39, 0.29) is 5.54 Å². The van der Waals surface area contributed by atoms with E-state index in [4.69, 9.17) is 0 Å². The zero-order chi connectivity index (χ0) is 11.7. The molecule has 0 aliphatic carbocycles. The second kappa shape index (κ2) is 8.12. The minimum absolute atomic E-state index is 0.220. The van der Waals surface area contributed by atoms with Crippen LogP contribution in [0.3, 0.4) is 0 Å². The van der Waals surface area contributed by atoms with Crippen LogP contribution >= 0.6 is 0 Å². The molecule has 15 heavy (non-hydrogen) atoms. The summed E-state index contributed by atoms with van der Waals surface area (Å²) in [5.41, 5.74) is 0.220. The first-order valence-electron chi connectivity index (χ1n) is 6.33. The Labute approximate surface area is 96.4 Å². The van der Waals surface area contributed by atoms with Gasteiger partial charge >= 0.3 is 0 Å². The largest absolute Gasteiger partial charge is 0.294 e. The van der Waals surface area contributed by atoms with Gasteiger partial charge in [0.15, 0.2) is 0 Å². The van der Waals surface area contributed by atoms with Crippen molar-refractivity contribution < 1.29 is 0 Å². The van der Waals surface area contributed by atoms with Gasteiger partial charge in [0.1, 0.15) is 0 Å². The average molecular weight is 213 g/mol. The van der Waals surface area contributed by atoms with E-state index in [1.54, 1.807) is 0 Å². The van der Waals surface area contributed by atoms with Crippen molar-refractivity contribution in [2.24, 2.45) is 0 Å². The van der Waals surface area contributed by atoms with Gasteiger partial charge in [0.2, 0.25) is 0 Å². The average Bonchev–Trinajstić information content (AvgIpc) is 2.22. The summed E-state index contributed by atoms with van der Waals surface area (Å²) < 4.78 is 0. The van der Waals surface area contributed by atoms with Crippen molar-refractivity contribution in [3.8, 4) is 0 Å². The summed E-state index contributed by atoms with van der Waals surface area (Å²) in [6.45, 7) is 12.2. The summed E-state index contributed by atoms with van der Waals surface area (Å²) in [7, 11) is 2.14. The molecule has 2 nitrogen and oxygen atoms in total. The van der Waals surface area contributed by atoms with Crippen LogP contribution in [0.4, 0.5) is 0 Å². The van der Waals surface area contributed by atoms with E-state index in [2.05, 4.69) is 51.6 Å². The molecule has 0 rings (SSSR count). The molecule has 0 bridgehead atoms. The molecular formula is C13H29N2. The van der Waals surface area contributed by atoms with Crippen molar-refractivity contribution in [3.63, 3.8) is 0 Å². The number of hydrogen-bond acceptors (Lipinski definition) is 2. The lowest BCUT2D eigenvalue weighted by molar-refractivity contribution is 0.302. The molecule has 91 valence electrons. The molecule has 0 aliphatic rings. The summed E-state index contributed by atoms with van der Waals surface area (Å²) in [6.07, 6.45) is 6.48. The zero-order valence-electron chi connectivity index (χ0n) is 11.3. The van der Waals surface area contributed by atoms with Crippen molar-refractivity contribution in [2.45, 2.75) is 65.3 Å². The minimum atomic E-state index is 0.220. The summed E-state index contributed by atoms with van der Waals surface area (Å²) in [4.78, 5) is 2.26. The van der Waals surface area contributed by atoms with Crippen molar-refractivity contribution in [1.82, 2.24) is 10.2 Å². The molecule has 0 amide bonds. The lowest BCUT2D eigenvalue weighted by Crippen LogP contribution is -2.41. The molecule has 0 unspecified atom stereocenters. The standard InChI is InChI=1S/C13H29N2/c1-6-8-9-10-11-15(5)12-14-13(3,4)7-2/h12,14H,6-11H2,1-5H3. The molecule has 0 saturated carbocycles. The van der Waals surface area contributed by atoms with E-state index in [9.17, 15) is 0 Å². The van der Waals surface area contributed by atoms with Crippen LogP contribution in [-0.4, -0.2) is 24.0 Å². The fraction of sp³-hybridized carbons (Fsp3) is 0.923. The first-order chi connectivity index (χ1) is 7.02. The Hall–Kier alpha value is -0.0800. The number of rotatable bonds is 9. The molecule has 0 heterocycles. The Kier molecular flexibility index (Phi) is 8.07. The molecule has 0 aromatic rings. The zero-order valence-corrected chi connectivity index (χ0v) is 11.3. The summed E-state index contributed by atoms with van der Waals surface area (Å²) in [6, 6.07) is 0. The first kappa shape index (κ1) is 14.9. The topological polar surface area (TPSA) is 15.3 Å². The van der Waals surface area contributed by atoms with Crippen LogP contribution in [0.2, 0.25) is 0 Å². The quantitative estimate of drug-likeness (QED) is 0.591. The summed E-state index contributed by atoms with van der Waals surface area (Å²) >= 11 is 0. The van der Waals surface area contributed by atoms with Gasteiger partial charge in [-0.3, -0.25) is 10.2 Å². The van der Waals surface area contributed by atoms with Crippen molar-refractivity contribution >= 4 is 0 Å². The van der Waals surface area contributed by atoms with Gasteiger partial charge in [0, 0.05) is 5.54 Å². The van der Waals surface area contributed by atoms with Gasteiger partial charge in [-0.05, 0) is 40.3 Å². The molecule has 1 N–H and O–H groups in total. The van der Waals surface area contributed by atoms with Crippen LogP contribution in [0, 0.1) is 6.67 Å². The SMILES string of the molecule is CCCCCCN(C)[CH]NC(C)(C)CC. The van der Waals surface area contributed by atoms with Crippen molar-refractivity contribution in [1.29, 1.82) is 0 Å². The van der Waals surface area contributed by atoms with Crippen LogP contribution in [0.15, 0.2) is 0 Å². The highest BCUT2D eigenvalue weighted by molar-refractivity contribution is 4.79. The Morgan fingerprint density at radius 3 is 2.33 bits per heavy atom. The number of nitrogens with zero attached hydrogens (tertiary/aromatic N) is 1. The third-order valence-corrected chi connectivity index (χ3v) is 2.92. The molecule has 0 aromatic heterocycles. The van der Waals surface area contributed by atoms with E-state index < -0.39 is 0 Å². The molecule has 0 saturated heterocycles. The molecule has 0 aliphatic heterocycles. The van der Waals surface area contributed by atoms with E-state index in [1.165, 1.54) is 25.7 Å². The molecular weight excluding hydrogens is 184 g/mol. The third-order valence-electron chi connectivity index (χ3n) is 2.92. The predicted octanol–water partition coefficient (Wildman–Crippen LogP) is 3.40. The summed E-state index contributed by atoms with van der Waals surface area (Å²) in [5, 5.41) is 3.45. The minimum Gasteiger partial charge on any atom is -0.294 e. The summed E-state index contributed by atoms with van der Waals surface area (Å²) in [5.74, 6) is 0. The van der Waals surface area contributed by atoms with E-state index >= 15 is 0 Å². The predicted molar refractivity (Wildman–Crippen MR) is 68.6 cm³/mol. The maximum atomic E-state index is 3.45. The van der Waals surface area contributed by atoms with Gasteiger partial charge in [0.05, 0.1) is 6.67 Å². The van der Waals surface area contributed by atoms with Crippen molar-refractivity contribution in [2.75, 3.05) is 13.6 Å². The number of unbranched alkanes of at least 4 members (excludes halogenated alkanes) is 3. The number of hydrogen-bond donors (Lipinski definition) is 1. The fourth-order valence-corrected chi connectivity index (χ4v) is 1.24. The highest BCUT2D eigenvalue weighted by Crippen LogP contribution is 2.08. The van der Waals surface area contributed by atoms with Gasteiger partial charge in [-0.25, -0.2) is 0 Å². The molecule has 0 spiro atoms. The highest BCUT2D eigenvalue weighted by atomic mass is 15.2.